The van der Waals surface area contributed by atoms with E-state index in [2.05, 4.69) is 5.32 Å². The van der Waals surface area contributed by atoms with Gasteiger partial charge in [0.15, 0.2) is 9.84 Å². The van der Waals surface area contributed by atoms with E-state index in [1.807, 2.05) is 0 Å². The van der Waals surface area contributed by atoms with Crippen molar-refractivity contribution in [2.75, 3.05) is 17.3 Å². The van der Waals surface area contributed by atoms with E-state index in [9.17, 15) is 21.6 Å². The van der Waals surface area contributed by atoms with Crippen LogP contribution in [-0.4, -0.2) is 34.8 Å². The number of nitrogens with two attached hydrogens (primary N) is 1. The van der Waals surface area contributed by atoms with Crippen molar-refractivity contribution in [3.63, 3.8) is 0 Å². The van der Waals surface area contributed by atoms with Crippen LogP contribution in [0.15, 0.2) is 23.1 Å². The Bertz CT molecular complexity index is 712. The van der Waals surface area contributed by atoms with Crippen molar-refractivity contribution < 1.29 is 21.6 Å². The highest BCUT2D eigenvalue weighted by atomic mass is 35.5. The summed E-state index contributed by atoms with van der Waals surface area (Å²) in [5.74, 6) is -1.43. The van der Waals surface area contributed by atoms with Gasteiger partial charge in [0.1, 0.15) is 10.6 Å². The summed E-state index contributed by atoms with van der Waals surface area (Å²) >= 11 is 5.70. The summed E-state index contributed by atoms with van der Waals surface area (Å²) in [6, 6.07) is 3.54. The molecule has 0 saturated carbocycles. The fourth-order valence-electron chi connectivity index (χ4n) is 1.24. The van der Waals surface area contributed by atoms with Gasteiger partial charge in [-0.1, -0.05) is 11.6 Å². The van der Waals surface area contributed by atoms with Gasteiger partial charge in [0.25, 0.3) is 0 Å². The molecule has 3 N–H and O–H groups in total. The molecule has 106 valence electrons. The number of sulfonamides is 1. The number of amides is 1. The molecule has 0 heterocycles. The summed E-state index contributed by atoms with van der Waals surface area (Å²) in [4.78, 5) is 11.1. The monoisotopic (exact) mass is 326 g/mol. The molecule has 0 aliphatic rings. The lowest BCUT2D eigenvalue weighted by atomic mass is 10.3. The van der Waals surface area contributed by atoms with E-state index in [0.717, 1.165) is 12.3 Å². The third-order valence-corrected chi connectivity index (χ3v) is 4.10. The average Bonchev–Trinajstić information content (AvgIpc) is 2.11. The lowest BCUT2D eigenvalue weighted by molar-refractivity contribution is -0.113. The molecule has 0 aliphatic heterocycles. The molecular formula is C9H11ClN2O5S2. The Kier molecular flexibility index (Phi) is 4.56. The number of carbonyl (C=O) groups is 1. The molecule has 0 fully saturated rings. The first kappa shape index (κ1) is 15.9. The lowest BCUT2D eigenvalue weighted by Crippen LogP contribution is -2.22. The number of hydrogen-bond donors (Lipinski definition) is 2. The van der Waals surface area contributed by atoms with Crippen LogP contribution >= 0.6 is 11.6 Å². The molecule has 1 aromatic rings. The summed E-state index contributed by atoms with van der Waals surface area (Å²) in [7, 11) is -7.39. The maximum atomic E-state index is 11.3. The molecule has 1 amide bonds. The molecule has 0 spiro atoms. The zero-order valence-corrected chi connectivity index (χ0v) is 12.1. The van der Waals surface area contributed by atoms with Crippen LogP contribution in [0.4, 0.5) is 5.69 Å². The Morgan fingerprint density at radius 3 is 2.32 bits per heavy atom. The fraction of sp³-hybridized carbons (Fsp3) is 0.222. The van der Waals surface area contributed by atoms with Crippen molar-refractivity contribution >= 4 is 43.1 Å². The number of carbonyl (C=O) groups excluding carboxylic acids is 1. The summed E-state index contributed by atoms with van der Waals surface area (Å²) in [6.07, 6.45) is 0.920. The SMILES string of the molecule is CS(=O)(=O)CC(=O)Nc1ccc(S(N)(=O)=O)c(Cl)c1. The Morgan fingerprint density at radius 2 is 1.89 bits per heavy atom. The molecular weight excluding hydrogens is 316 g/mol. The van der Waals surface area contributed by atoms with Crippen LogP contribution in [-0.2, 0) is 24.7 Å². The van der Waals surface area contributed by atoms with Gasteiger partial charge in [-0.2, -0.15) is 0 Å². The third kappa shape index (κ3) is 5.15. The number of halogens is 1. The first-order chi connectivity index (χ1) is 8.49. The Hall–Kier alpha value is -1.16. The molecule has 0 aromatic heterocycles. The number of primary sulfonamides is 1. The van der Waals surface area contributed by atoms with Crippen LogP contribution < -0.4 is 10.5 Å². The predicted octanol–water partition coefficient (Wildman–Crippen LogP) is -0.0295. The second kappa shape index (κ2) is 5.45. The van der Waals surface area contributed by atoms with E-state index in [4.69, 9.17) is 16.7 Å². The molecule has 0 atom stereocenters. The number of nitrogens with one attached hydrogen (secondary N) is 1. The number of benzene rings is 1. The van der Waals surface area contributed by atoms with Crippen molar-refractivity contribution in [2.45, 2.75) is 4.90 Å². The maximum absolute atomic E-state index is 11.3. The van der Waals surface area contributed by atoms with Crippen LogP contribution in [0.2, 0.25) is 5.02 Å². The van der Waals surface area contributed by atoms with Crippen molar-refractivity contribution in [3.05, 3.63) is 23.2 Å². The van der Waals surface area contributed by atoms with Crippen molar-refractivity contribution in [2.24, 2.45) is 5.14 Å². The first-order valence-corrected chi connectivity index (χ1v) is 8.77. The number of anilines is 1. The molecule has 0 aliphatic carbocycles. The molecule has 0 unspecified atom stereocenters. The van der Waals surface area contributed by atoms with Gasteiger partial charge in [0.05, 0.1) is 5.02 Å². The van der Waals surface area contributed by atoms with E-state index >= 15 is 0 Å². The standard InChI is InChI=1S/C9H11ClN2O5S2/c1-18(14,15)5-9(13)12-6-2-3-8(7(10)4-6)19(11,16)17/h2-4H,5H2,1H3,(H,12,13)(H2,11,16,17). The van der Waals surface area contributed by atoms with E-state index in [-0.39, 0.29) is 15.6 Å². The summed E-state index contributed by atoms with van der Waals surface area (Å²) in [5.41, 5.74) is 0.172. The highest BCUT2D eigenvalue weighted by Crippen LogP contribution is 2.23. The predicted molar refractivity (Wildman–Crippen MR) is 71.2 cm³/mol. The molecule has 10 heteroatoms. The Balaban J connectivity index is 2.95. The van der Waals surface area contributed by atoms with Gasteiger partial charge in [-0.25, -0.2) is 22.0 Å². The summed E-state index contributed by atoms with van der Waals surface area (Å²) in [6.45, 7) is 0. The minimum absolute atomic E-state index is 0.167. The van der Waals surface area contributed by atoms with Crippen LogP contribution in [0.25, 0.3) is 0 Å². The van der Waals surface area contributed by atoms with Gasteiger partial charge in [0.2, 0.25) is 15.9 Å². The van der Waals surface area contributed by atoms with Gasteiger partial charge in [0, 0.05) is 11.9 Å². The quantitative estimate of drug-likeness (QED) is 0.804. The van der Waals surface area contributed by atoms with Crippen LogP contribution in [0, 0.1) is 0 Å². The van der Waals surface area contributed by atoms with Gasteiger partial charge in [-0.05, 0) is 18.2 Å². The zero-order chi connectivity index (χ0) is 14.8. The molecule has 7 nitrogen and oxygen atoms in total. The smallest absolute Gasteiger partial charge is 0.239 e. The first-order valence-electron chi connectivity index (χ1n) is 4.79. The highest BCUT2D eigenvalue weighted by Gasteiger charge is 2.15. The molecule has 19 heavy (non-hydrogen) atoms. The van der Waals surface area contributed by atoms with E-state index in [1.165, 1.54) is 12.1 Å². The second-order valence-corrected chi connectivity index (χ2v) is 7.89. The number of rotatable bonds is 4. The third-order valence-electron chi connectivity index (χ3n) is 1.92. The number of sulfone groups is 1. The average molecular weight is 327 g/mol. The van der Waals surface area contributed by atoms with Crippen LogP contribution in [0.3, 0.4) is 0 Å². The van der Waals surface area contributed by atoms with E-state index < -0.39 is 31.5 Å². The molecule has 0 radical (unpaired) electrons. The minimum Gasteiger partial charge on any atom is -0.325 e. The van der Waals surface area contributed by atoms with Gasteiger partial charge >= 0.3 is 0 Å². The summed E-state index contributed by atoms with van der Waals surface area (Å²) < 4.78 is 44.0. The maximum Gasteiger partial charge on any atom is 0.239 e. The van der Waals surface area contributed by atoms with Crippen LogP contribution in [0.5, 0.6) is 0 Å². The molecule has 1 aromatic carbocycles. The van der Waals surface area contributed by atoms with E-state index in [0.29, 0.717) is 0 Å². The molecule has 0 bridgehead atoms. The summed E-state index contributed by atoms with van der Waals surface area (Å²) in [5, 5.41) is 7.03. The van der Waals surface area contributed by atoms with Gasteiger partial charge in [-0.15, -0.1) is 0 Å². The Labute approximate surface area is 115 Å². The second-order valence-electron chi connectivity index (χ2n) is 3.81. The van der Waals surface area contributed by atoms with Gasteiger partial charge in [-0.3, -0.25) is 4.79 Å². The fourth-order valence-corrected chi connectivity index (χ4v) is 2.88. The topological polar surface area (TPSA) is 123 Å². The number of hydrogen-bond acceptors (Lipinski definition) is 5. The van der Waals surface area contributed by atoms with Crippen molar-refractivity contribution in [1.29, 1.82) is 0 Å². The Morgan fingerprint density at radius 1 is 1.32 bits per heavy atom. The van der Waals surface area contributed by atoms with Crippen molar-refractivity contribution in [1.82, 2.24) is 0 Å². The highest BCUT2D eigenvalue weighted by molar-refractivity contribution is 7.91. The normalized spacial score (nSPS) is 12.2. The lowest BCUT2D eigenvalue weighted by Gasteiger charge is -2.07. The van der Waals surface area contributed by atoms with E-state index in [1.54, 1.807) is 0 Å². The van der Waals surface area contributed by atoms with Crippen molar-refractivity contribution in [3.8, 4) is 0 Å². The largest absolute Gasteiger partial charge is 0.325 e. The molecule has 0 saturated heterocycles. The molecule has 1 rings (SSSR count). The van der Waals surface area contributed by atoms with Crippen LogP contribution in [0.1, 0.15) is 0 Å². The zero-order valence-electron chi connectivity index (χ0n) is 9.75. The van der Waals surface area contributed by atoms with Gasteiger partial charge < -0.3 is 5.32 Å². The minimum atomic E-state index is -3.95.